The standard InChI is InChI=1S/C16H11BrF2N4O3S/c1-23-15(20-14(21-23)13-10(18)6-4-7-11(13)19)16(24)22-27(25,26)12-8-3-2-5-9(12)17/h2-8H,1H3,(H,22,24). The molecule has 0 aliphatic carbocycles. The van der Waals surface area contributed by atoms with E-state index in [2.05, 4.69) is 26.0 Å². The number of carbonyl (C=O) groups is 1. The second-order valence-corrected chi connectivity index (χ2v) is 7.85. The van der Waals surface area contributed by atoms with Gasteiger partial charge in [-0.25, -0.2) is 31.6 Å². The molecule has 0 aliphatic rings. The Bertz CT molecular complexity index is 1130. The van der Waals surface area contributed by atoms with Crippen LogP contribution in [0.15, 0.2) is 51.8 Å². The number of aromatic nitrogens is 3. The summed E-state index contributed by atoms with van der Waals surface area (Å²) >= 11 is 3.10. The van der Waals surface area contributed by atoms with Gasteiger partial charge in [-0.3, -0.25) is 4.79 Å². The molecule has 0 bridgehead atoms. The summed E-state index contributed by atoms with van der Waals surface area (Å²) in [4.78, 5) is 16.0. The maximum absolute atomic E-state index is 13.9. The van der Waals surface area contributed by atoms with Crippen molar-refractivity contribution >= 4 is 31.9 Å². The molecule has 11 heteroatoms. The molecule has 1 N–H and O–H groups in total. The van der Waals surface area contributed by atoms with Gasteiger partial charge in [-0.15, -0.1) is 0 Å². The molecule has 2 aromatic carbocycles. The Hall–Kier alpha value is -2.66. The number of hydrogen-bond donors (Lipinski definition) is 1. The summed E-state index contributed by atoms with van der Waals surface area (Å²) in [6.45, 7) is 0. The molecule has 0 saturated heterocycles. The third kappa shape index (κ3) is 3.74. The Kier molecular flexibility index (Phi) is 5.07. The number of aryl methyl sites for hydroxylation is 1. The molecule has 7 nitrogen and oxygen atoms in total. The summed E-state index contributed by atoms with van der Waals surface area (Å²) in [7, 11) is -2.90. The molecule has 0 unspecified atom stereocenters. The predicted molar refractivity (Wildman–Crippen MR) is 95.1 cm³/mol. The van der Waals surface area contributed by atoms with Gasteiger partial charge in [0.15, 0.2) is 5.82 Å². The summed E-state index contributed by atoms with van der Waals surface area (Å²) < 4.78 is 55.6. The van der Waals surface area contributed by atoms with E-state index in [0.29, 0.717) is 0 Å². The van der Waals surface area contributed by atoms with Crippen molar-refractivity contribution in [3.63, 3.8) is 0 Å². The molecule has 0 radical (unpaired) electrons. The summed E-state index contributed by atoms with van der Waals surface area (Å²) in [6.07, 6.45) is 0. The minimum Gasteiger partial charge on any atom is -0.265 e. The van der Waals surface area contributed by atoms with Crippen LogP contribution in [0.2, 0.25) is 0 Å². The first-order valence-corrected chi connectivity index (χ1v) is 9.65. The zero-order chi connectivity index (χ0) is 19.8. The van der Waals surface area contributed by atoms with Crippen LogP contribution in [-0.2, 0) is 17.1 Å². The van der Waals surface area contributed by atoms with Crippen molar-refractivity contribution in [1.29, 1.82) is 0 Å². The lowest BCUT2D eigenvalue weighted by molar-refractivity contribution is 0.0967. The Morgan fingerprint density at radius 3 is 2.37 bits per heavy atom. The molecule has 0 fully saturated rings. The number of hydrogen-bond acceptors (Lipinski definition) is 5. The van der Waals surface area contributed by atoms with Gasteiger partial charge in [-0.05, 0) is 40.2 Å². The fourth-order valence-corrected chi connectivity index (χ4v) is 4.24. The Morgan fingerprint density at radius 2 is 1.74 bits per heavy atom. The smallest absolute Gasteiger partial charge is 0.265 e. The quantitative estimate of drug-likeness (QED) is 0.651. The molecular formula is C16H11BrF2N4O3S. The molecule has 3 aromatic rings. The summed E-state index contributed by atoms with van der Waals surface area (Å²) in [5.41, 5.74) is -0.513. The van der Waals surface area contributed by atoms with Crippen molar-refractivity contribution in [3.8, 4) is 11.4 Å². The van der Waals surface area contributed by atoms with Crippen molar-refractivity contribution in [3.05, 3.63) is 64.4 Å². The highest BCUT2D eigenvalue weighted by Crippen LogP contribution is 2.24. The second-order valence-electron chi connectivity index (χ2n) is 5.34. The summed E-state index contributed by atoms with van der Waals surface area (Å²) in [6, 6.07) is 9.12. The highest BCUT2D eigenvalue weighted by atomic mass is 79.9. The van der Waals surface area contributed by atoms with E-state index in [-0.39, 0.29) is 15.2 Å². The lowest BCUT2D eigenvalue weighted by Gasteiger charge is -2.07. The average Bonchev–Trinajstić information content (AvgIpc) is 2.96. The maximum Gasteiger partial charge on any atom is 0.302 e. The SMILES string of the molecule is Cn1nc(-c2c(F)cccc2F)nc1C(=O)NS(=O)(=O)c1ccccc1Br. The van der Waals surface area contributed by atoms with Gasteiger partial charge in [0.25, 0.3) is 10.0 Å². The van der Waals surface area contributed by atoms with Crippen molar-refractivity contribution < 1.29 is 22.0 Å². The average molecular weight is 457 g/mol. The number of amides is 1. The van der Waals surface area contributed by atoms with Crippen LogP contribution in [0.3, 0.4) is 0 Å². The monoisotopic (exact) mass is 456 g/mol. The number of halogens is 3. The van der Waals surface area contributed by atoms with Crippen LogP contribution in [0, 0.1) is 11.6 Å². The predicted octanol–water partition coefficient (Wildman–Crippen LogP) is 2.64. The maximum atomic E-state index is 13.9. The van der Waals surface area contributed by atoms with Gasteiger partial charge < -0.3 is 0 Å². The zero-order valence-corrected chi connectivity index (χ0v) is 16.1. The van der Waals surface area contributed by atoms with Crippen LogP contribution in [0.5, 0.6) is 0 Å². The minimum absolute atomic E-state index is 0.152. The molecule has 140 valence electrons. The van der Waals surface area contributed by atoms with Gasteiger partial charge in [0, 0.05) is 11.5 Å². The zero-order valence-electron chi connectivity index (χ0n) is 13.6. The van der Waals surface area contributed by atoms with E-state index >= 15 is 0 Å². The lowest BCUT2D eigenvalue weighted by atomic mass is 10.2. The third-order valence-electron chi connectivity index (χ3n) is 3.51. The topological polar surface area (TPSA) is 93.9 Å². The molecular weight excluding hydrogens is 446 g/mol. The Balaban J connectivity index is 1.95. The van der Waals surface area contributed by atoms with E-state index in [4.69, 9.17) is 0 Å². The molecule has 1 aromatic heterocycles. The molecule has 0 atom stereocenters. The van der Waals surface area contributed by atoms with Crippen LogP contribution in [0.1, 0.15) is 10.6 Å². The van der Waals surface area contributed by atoms with E-state index in [9.17, 15) is 22.0 Å². The van der Waals surface area contributed by atoms with E-state index in [1.165, 1.54) is 31.3 Å². The fraction of sp³-hybridized carbons (Fsp3) is 0.0625. The molecule has 27 heavy (non-hydrogen) atoms. The van der Waals surface area contributed by atoms with Crippen LogP contribution >= 0.6 is 15.9 Å². The third-order valence-corrected chi connectivity index (χ3v) is 5.85. The molecule has 0 aliphatic heterocycles. The van der Waals surface area contributed by atoms with Gasteiger partial charge in [0.1, 0.15) is 16.5 Å². The van der Waals surface area contributed by atoms with Crippen molar-refractivity contribution in [2.75, 3.05) is 0 Å². The first-order chi connectivity index (χ1) is 12.7. The van der Waals surface area contributed by atoms with Crippen LogP contribution in [-0.4, -0.2) is 29.1 Å². The van der Waals surface area contributed by atoms with Crippen LogP contribution in [0.25, 0.3) is 11.4 Å². The highest BCUT2D eigenvalue weighted by molar-refractivity contribution is 9.10. The lowest BCUT2D eigenvalue weighted by Crippen LogP contribution is -2.32. The number of carbonyl (C=O) groups excluding carboxylic acids is 1. The van der Waals surface area contributed by atoms with Gasteiger partial charge >= 0.3 is 5.91 Å². The summed E-state index contributed by atoms with van der Waals surface area (Å²) in [5.74, 6) is -3.72. The van der Waals surface area contributed by atoms with E-state index in [1.54, 1.807) is 6.07 Å². The minimum atomic E-state index is -4.20. The van der Waals surface area contributed by atoms with E-state index in [0.717, 1.165) is 16.8 Å². The Labute approximate surface area is 161 Å². The largest absolute Gasteiger partial charge is 0.302 e. The van der Waals surface area contributed by atoms with Gasteiger partial charge in [-0.2, -0.15) is 5.10 Å². The van der Waals surface area contributed by atoms with E-state index in [1.807, 2.05) is 4.72 Å². The second kappa shape index (κ2) is 7.16. The number of nitrogens with zero attached hydrogens (tertiary/aromatic N) is 3. The molecule has 0 saturated carbocycles. The van der Waals surface area contributed by atoms with Crippen molar-refractivity contribution in [2.45, 2.75) is 4.90 Å². The fourth-order valence-electron chi connectivity index (χ4n) is 2.28. The number of sulfonamides is 1. The number of nitrogens with one attached hydrogen (secondary N) is 1. The Morgan fingerprint density at radius 1 is 1.11 bits per heavy atom. The first kappa shape index (κ1) is 19.1. The van der Waals surface area contributed by atoms with Gasteiger partial charge in [-0.1, -0.05) is 18.2 Å². The number of benzene rings is 2. The first-order valence-electron chi connectivity index (χ1n) is 7.38. The molecule has 1 amide bonds. The molecule has 1 heterocycles. The normalized spacial score (nSPS) is 11.4. The van der Waals surface area contributed by atoms with Gasteiger partial charge in [0.05, 0.1) is 5.56 Å². The van der Waals surface area contributed by atoms with Crippen molar-refractivity contribution in [2.24, 2.45) is 7.05 Å². The van der Waals surface area contributed by atoms with E-state index < -0.39 is 39.0 Å². The molecule has 3 rings (SSSR count). The van der Waals surface area contributed by atoms with Crippen LogP contribution in [0.4, 0.5) is 8.78 Å². The summed E-state index contributed by atoms with van der Waals surface area (Å²) in [5, 5.41) is 3.80. The van der Waals surface area contributed by atoms with Gasteiger partial charge in [0.2, 0.25) is 5.82 Å². The molecule has 0 spiro atoms. The number of rotatable bonds is 4. The van der Waals surface area contributed by atoms with Crippen LogP contribution < -0.4 is 4.72 Å². The highest BCUT2D eigenvalue weighted by Gasteiger charge is 2.26. The van der Waals surface area contributed by atoms with Crippen molar-refractivity contribution in [1.82, 2.24) is 19.5 Å².